The lowest BCUT2D eigenvalue weighted by Gasteiger charge is -2.27. The summed E-state index contributed by atoms with van der Waals surface area (Å²) in [4.78, 5) is 26.2. The molecule has 1 N–H and O–H groups in total. The van der Waals surface area contributed by atoms with Crippen molar-refractivity contribution in [3.05, 3.63) is 34.9 Å². The van der Waals surface area contributed by atoms with Crippen molar-refractivity contribution in [1.82, 2.24) is 10.2 Å². The average Bonchev–Trinajstić information content (AvgIpc) is 3.37. The molecule has 6 heteroatoms. The molecule has 0 bridgehead atoms. The maximum absolute atomic E-state index is 12.3. The smallest absolute Gasteiger partial charge is 0.226 e. The van der Waals surface area contributed by atoms with E-state index in [1.807, 2.05) is 29.2 Å². The second kappa shape index (κ2) is 7.32. The van der Waals surface area contributed by atoms with Crippen LogP contribution in [0.3, 0.4) is 0 Å². The van der Waals surface area contributed by atoms with Crippen LogP contribution in [0, 0.1) is 11.8 Å². The maximum Gasteiger partial charge on any atom is 0.226 e. The lowest BCUT2D eigenvalue weighted by atomic mass is 10.1. The Hall–Kier alpha value is -1.59. The molecule has 1 saturated heterocycles. The predicted molar refractivity (Wildman–Crippen MR) is 87.2 cm³/mol. The van der Waals surface area contributed by atoms with Gasteiger partial charge < -0.3 is 15.0 Å². The summed E-state index contributed by atoms with van der Waals surface area (Å²) in [6.45, 7) is 3.04. The van der Waals surface area contributed by atoms with E-state index in [4.69, 9.17) is 16.3 Å². The fourth-order valence-electron chi connectivity index (χ4n) is 2.89. The molecule has 1 aromatic rings. The minimum atomic E-state index is -0.157. The molecule has 1 aliphatic heterocycles. The monoisotopic (exact) mass is 336 g/mol. The number of nitrogens with zero attached hydrogens (tertiary/aromatic N) is 1. The molecular weight excluding hydrogens is 316 g/mol. The standard InChI is InChI=1S/C17H21ClN2O3/c18-13-3-1-12(2-4-13)5-6-19-16(21)14-11-15(14)17(22)20-7-9-23-10-8-20/h1-4,14-15H,5-11H2,(H,19,21). The van der Waals surface area contributed by atoms with Crippen molar-refractivity contribution in [3.8, 4) is 0 Å². The number of benzene rings is 1. The van der Waals surface area contributed by atoms with Gasteiger partial charge in [-0.3, -0.25) is 9.59 Å². The van der Waals surface area contributed by atoms with Gasteiger partial charge in [-0.15, -0.1) is 0 Å². The van der Waals surface area contributed by atoms with E-state index in [9.17, 15) is 9.59 Å². The molecule has 5 nitrogen and oxygen atoms in total. The van der Waals surface area contributed by atoms with Crippen molar-refractivity contribution in [2.75, 3.05) is 32.8 Å². The van der Waals surface area contributed by atoms with Gasteiger partial charge in [-0.1, -0.05) is 23.7 Å². The highest BCUT2D eigenvalue weighted by Crippen LogP contribution is 2.40. The van der Waals surface area contributed by atoms with Crippen LogP contribution in [0.1, 0.15) is 12.0 Å². The molecule has 23 heavy (non-hydrogen) atoms. The minimum absolute atomic E-state index is 0.00873. The Kier molecular flexibility index (Phi) is 5.18. The lowest BCUT2D eigenvalue weighted by Crippen LogP contribution is -2.42. The first kappa shape index (κ1) is 16.3. The number of halogens is 1. The fourth-order valence-corrected chi connectivity index (χ4v) is 3.01. The Bertz CT molecular complexity index is 570. The van der Waals surface area contributed by atoms with E-state index in [0.29, 0.717) is 44.3 Å². The summed E-state index contributed by atoms with van der Waals surface area (Å²) in [5.41, 5.74) is 1.13. The molecule has 1 aromatic carbocycles. The van der Waals surface area contributed by atoms with Gasteiger partial charge in [0, 0.05) is 24.7 Å². The molecule has 0 radical (unpaired) electrons. The summed E-state index contributed by atoms with van der Waals surface area (Å²) in [6, 6.07) is 7.60. The van der Waals surface area contributed by atoms with Gasteiger partial charge in [-0.05, 0) is 30.5 Å². The van der Waals surface area contributed by atoms with Crippen LogP contribution in [0.5, 0.6) is 0 Å². The third kappa shape index (κ3) is 4.24. The van der Waals surface area contributed by atoms with E-state index in [1.165, 1.54) is 0 Å². The Morgan fingerprint density at radius 1 is 1.17 bits per heavy atom. The second-order valence-electron chi connectivity index (χ2n) is 6.05. The first-order chi connectivity index (χ1) is 11.1. The van der Waals surface area contributed by atoms with Crippen LogP contribution in [0.25, 0.3) is 0 Å². The van der Waals surface area contributed by atoms with Gasteiger partial charge >= 0.3 is 0 Å². The topological polar surface area (TPSA) is 58.6 Å². The molecule has 2 fully saturated rings. The van der Waals surface area contributed by atoms with Crippen molar-refractivity contribution in [2.24, 2.45) is 11.8 Å². The molecule has 2 unspecified atom stereocenters. The number of carbonyl (C=O) groups is 2. The van der Waals surface area contributed by atoms with Gasteiger partial charge in [-0.2, -0.15) is 0 Å². The first-order valence-electron chi connectivity index (χ1n) is 8.04. The zero-order chi connectivity index (χ0) is 16.2. The van der Waals surface area contributed by atoms with Crippen LogP contribution in [0.4, 0.5) is 0 Å². The molecule has 2 amide bonds. The first-order valence-corrected chi connectivity index (χ1v) is 8.41. The van der Waals surface area contributed by atoms with Crippen molar-refractivity contribution in [2.45, 2.75) is 12.8 Å². The summed E-state index contributed by atoms with van der Waals surface area (Å²) in [5.74, 6) is -0.198. The van der Waals surface area contributed by atoms with Crippen LogP contribution in [0.2, 0.25) is 5.02 Å². The Morgan fingerprint density at radius 2 is 1.87 bits per heavy atom. The van der Waals surface area contributed by atoms with E-state index in [-0.39, 0.29) is 23.7 Å². The van der Waals surface area contributed by atoms with Gasteiger partial charge in [0.25, 0.3) is 0 Å². The third-order valence-corrected chi connectivity index (χ3v) is 4.65. The Morgan fingerprint density at radius 3 is 2.57 bits per heavy atom. The summed E-state index contributed by atoms with van der Waals surface area (Å²) in [5, 5.41) is 3.64. The van der Waals surface area contributed by atoms with E-state index in [0.717, 1.165) is 12.0 Å². The van der Waals surface area contributed by atoms with Crippen molar-refractivity contribution < 1.29 is 14.3 Å². The van der Waals surface area contributed by atoms with Gasteiger partial charge in [0.05, 0.1) is 25.0 Å². The van der Waals surface area contributed by atoms with Gasteiger partial charge in [0.15, 0.2) is 0 Å². The average molecular weight is 337 g/mol. The number of morpholine rings is 1. The summed E-state index contributed by atoms with van der Waals surface area (Å²) in [7, 11) is 0. The lowest BCUT2D eigenvalue weighted by molar-refractivity contribution is -0.138. The number of hydrogen-bond donors (Lipinski definition) is 1. The van der Waals surface area contributed by atoms with Crippen molar-refractivity contribution in [3.63, 3.8) is 0 Å². The van der Waals surface area contributed by atoms with Crippen molar-refractivity contribution >= 4 is 23.4 Å². The van der Waals surface area contributed by atoms with Crippen LogP contribution < -0.4 is 5.32 Å². The fraction of sp³-hybridized carbons (Fsp3) is 0.529. The summed E-state index contributed by atoms with van der Waals surface area (Å²) in [6.07, 6.45) is 1.43. The summed E-state index contributed by atoms with van der Waals surface area (Å²) < 4.78 is 5.25. The second-order valence-corrected chi connectivity index (χ2v) is 6.49. The highest BCUT2D eigenvalue weighted by atomic mass is 35.5. The molecule has 2 aliphatic rings. The van der Waals surface area contributed by atoms with Gasteiger partial charge in [0.1, 0.15) is 0 Å². The predicted octanol–water partition coefficient (Wildman–Crippen LogP) is 1.49. The number of nitrogens with one attached hydrogen (secondary N) is 1. The number of carbonyl (C=O) groups excluding carboxylic acids is 2. The normalized spacial score (nSPS) is 23.4. The Labute approximate surface area is 140 Å². The van der Waals surface area contributed by atoms with E-state index < -0.39 is 0 Å². The maximum atomic E-state index is 12.3. The highest BCUT2D eigenvalue weighted by Gasteiger charge is 2.49. The van der Waals surface area contributed by atoms with Crippen LogP contribution in [-0.4, -0.2) is 49.6 Å². The van der Waals surface area contributed by atoms with E-state index >= 15 is 0 Å². The molecule has 1 saturated carbocycles. The molecule has 124 valence electrons. The molecule has 1 heterocycles. The van der Waals surface area contributed by atoms with E-state index in [1.54, 1.807) is 0 Å². The van der Waals surface area contributed by atoms with Crippen molar-refractivity contribution in [1.29, 1.82) is 0 Å². The molecule has 0 spiro atoms. The molecule has 2 atom stereocenters. The number of ether oxygens (including phenoxy) is 1. The van der Waals surface area contributed by atoms with Crippen LogP contribution >= 0.6 is 11.6 Å². The third-order valence-electron chi connectivity index (χ3n) is 4.39. The van der Waals surface area contributed by atoms with E-state index in [2.05, 4.69) is 5.32 Å². The summed E-state index contributed by atoms with van der Waals surface area (Å²) >= 11 is 5.84. The highest BCUT2D eigenvalue weighted by molar-refractivity contribution is 6.30. The largest absolute Gasteiger partial charge is 0.378 e. The molecule has 0 aromatic heterocycles. The zero-order valence-electron chi connectivity index (χ0n) is 13.0. The minimum Gasteiger partial charge on any atom is -0.378 e. The van der Waals surface area contributed by atoms with Crippen LogP contribution in [0.15, 0.2) is 24.3 Å². The zero-order valence-corrected chi connectivity index (χ0v) is 13.7. The SMILES string of the molecule is O=C(NCCc1ccc(Cl)cc1)C1CC1C(=O)N1CCOCC1. The number of rotatable bonds is 5. The number of hydrogen-bond acceptors (Lipinski definition) is 3. The molecule has 3 rings (SSSR count). The number of amides is 2. The Balaban J connectivity index is 1.39. The van der Waals surface area contributed by atoms with Gasteiger partial charge in [0.2, 0.25) is 11.8 Å². The quantitative estimate of drug-likeness (QED) is 0.886. The van der Waals surface area contributed by atoms with Crippen LogP contribution in [-0.2, 0) is 20.7 Å². The molecule has 1 aliphatic carbocycles. The molecular formula is C17H21ClN2O3. The van der Waals surface area contributed by atoms with Gasteiger partial charge in [-0.25, -0.2) is 0 Å².